The quantitative estimate of drug-likeness (QED) is 0.771. The van der Waals surface area contributed by atoms with Crippen LogP contribution in [-0.4, -0.2) is 19.7 Å². The van der Waals surface area contributed by atoms with Crippen molar-refractivity contribution in [3.05, 3.63) is 35.4 Å². The average molecular weight is 275 g/mol. The van der Waals surface area contributed by atoms with E-state index >= 15 is 0 Å². The van der Waals surface area contributed by atoms with Crippen molar-refractivity contribution in [3.8, 4) is 0 Å². The van der Waals surface area contributed by atoms with Crippen molar-refractivity contribution in [1.29, 1.82) is 0 Å². The SMILES string of the molecule is CCCCC(CC)CNCC1OCCc2ccccc21. The number of benzene rings is 1. The van der Waals surface area contributed by atoms with Gasteiger partial charge in [0.05, 0.1) is 12.7 Å². The second kappa shape index (κ2) is 8.43. The van der Waals surface area contributed by atoms with Gasteiger partial charge in [0.15, 0.2) is 0 Å². The molecule has 1 aliphatic rings. The van der Waals surface area contributed by atoms with Crippen LogP contribution in [-0.2, 0) is 11.2 Å². The Labute approximate surface area is 123 Å². The summed E-state index contributed by atoms with van der Waals surface area (Å²) in [7, 11) is 0. The molecule has 0 bridgehead atoms. The Morgan fingerprint density at radius 1 is 1.30 bits per heavy atom. The van der Waals surface area contributed by atoms with Gasteiger partial charge in [0, 0.05) is 6.54 Å². The lowest BCUT2D eigenvalue weighted by molar-refractivity contribution is 0.0419. The zero-order valence-electron chi connectivity index (χ0n) is 13.0. The lowest BCUT2D eigenvalue weighted by Crippen LogP contribution is -2.30. The third-order valence-electron chi connectivity index (χ3n) is 4.40. The molecule has 0 saturated heterocycles. The lowest BCUT2D eigenvalue weighted by atomic mass is 9.96. The molecule has 1 heterocycles. The van der Waals surface area contributed by atoms with Crippen LogP contribution in [0.25, 0.3) is 0 Å². The van der Waals surface area contributed by atoms with Gasteiger partial charge in [0.25, 0.3) is 0 Å². The van der Waals surface area contributed by atoms with E-state index in [4.69, 9.17) is 4.74 Å². The average Bonchev–Trinajstić information content (AvgIpc) is 2.51. The number of ether oxygens (including phenoxy) is 1. The van der Waals surface area contributed by atoms with E-state index < -0.39 is 0 Å². The highest BCUT2D eigenvalue weighted by Crippen LogP contribution is 2.26. The molecule has 1 N–H and O–H groups in total. The van der Waals surface area contributed by atoms with Gasteiger partial charge in [-0.25, -0.2) is 0 Å². The van der Waals surface area contributed by atoms with Crippen molar-refractivity contribution in [2.24, 2.45) is 5.92 Å². The molecule has 0 saturated carbocycles. The molecule has 2 heteroatoms. The van der Waals surface area contributed by atoms with Crippen LogP contribution in [0.15, 0.2) is 24.3 Å². The van der Waals surface area contributed by atoms with Crippen molar-refractivity contribution >= 4 is 0 Å². The maximum Gasteiger partial charge on any atom is 0.0952 e. The van der Waals surface area contributed by atoms with Crippen LogP contribution < -0.4 is 5.32 Å². The standard InChI is InChI=1S/C18H29NO/c1-3-5-8-15(4-2)13-19-14-18-17-10-7-6-9-16(17)11-12-20-18/h6-7,9-10,15,18-19H,3-5,8,11-14H2,1-2H3. The Bertz CT molecular complexity index is 391. The molecule has 112 valence electrons. The highest BCUT2D eigenvalue weighted by Gasteiger charge is 2.20. The topological polar surface area (TPSA) is 21.3 Å². The summed E-state index contributed by atoms with van der Waals surface area (Å²) in [6.07, 6.45) is 6.57. The zero-order valence-corrected chi connectivity index (χ0v) is 13.0. The van der Waals surface area contributed by atoms with Gasteiger partial charge in [-0.3, -0.25) is 0 Å². The third-order valence-corrected chi connectivity index (χ3v) is 4.40. The second-order valence-corrected chi connectivity index (χ2v) is 5.88. The fourth-order valence-corrected chi connectivity index (χ4v) is 3.01. The molecule has 0 fully saturated rings. The Morgan fingerprint density at radius 2 is 2.15 bits per heavy atom. The van der Waals surface area contributed by atoms with Crippen LogP contribution in [0, 0.1) is 5.92 Å². The molecule has 0 amide bonds. The monoisotopic (exact) mass is 275 g/mol. The molecule has 2 atom stereocenters. The Morgan fingerprint density at radius 3 is 2.95 bits per heavy atom. The minimum atomic E-state index is 0.239. The predicted octanol–water partition coefficient (Wildman–Crippen LogP) is 4.11. The van der Waals surface area contributed by atoms with E-state index in [0.717, 1.165) is 32.0 Å². The normalized spacial score (nSPS) is 19.6. The zero-order chi connectivity index (χ0) is 14.2. The van der Waals surface area contributed by atoms with Gasteiger partial charge in [0.2, 0.25) is 0 Å². The molecule has 1 aromatic rings. The summed E-state index contributed by atoms with van der Waals surface area (Å²) < 4.78 is 5.94. The lowest BCUT2D eigenvalue weighted by Gasteiger charge is -2.27. The van der Waals surface area contributed by atoms with E-state index in [-0.39, 0.29) is 6.10 Å². The Kier molecular flexibility index (Phi) is 6.55. The number of unbranched alkanes of at least 4 members (excludes halogenated alkanes) is 1. The maximum absolute atomic E-state index is 5.94. The van der Waals surface area contributed by atoms with Gasteiger partial charge in [-0.15, -0.1) is 0 Å². The molecule has 2 rings (SSSR count). The highest BCUT2D eigenvalue weighted by molar-refractivity contribution is 5.31. The van der Waals surface area contributed by atoms with Crippen LogP contribution in [0.4, 0.5) is 0 Å². The van der Waals surface area contributed by atoms with Crippen molar-refractivity contribution in [2.75, 3.05) is 19.7 Å². The summed E-state index contributed by atoms with van der Waals surface area (Å²) in [4.78, 5) is 0. The largest absolute Gasteiger partial charge is 0.372 e. The molecule has 0 aromatic heterocycles. The van der Waals surface area contributed by atoms with E-state index in [9.17, 15) is 0 Å². The minimum absolute atomic E-state index is 0.239. The fraction of sp³-hybridized carbons (Fsp3) is 0.667. The molecule has 2 unspecified atom stereocenters. The smallest absolute Gasteiger partial charge is 0.0952 e. The number of hydrogen-bond acceptors (Lipinski definition) is 2. The molecule has 1 aromatic carbocycles. The summed E-state index contributed by atoms with van der Waals surface area (Å²) in [5, 5.41) is 3.63. The summed E-state index contributed by atoms with van der Waals surface area (Å²) in [6.45, 7) is 7.50. The molecule has 0 spiro atoms. The number of nitrogens with one attached hydrogen (secondary N) is 1. The van der Waals surface area contributed by atoms with Crippen molar-refractivity contribution in [3.63, 3.8) is 0 Å². The van der Waals surface area contributed by atoms with E-state index in [2.05, 4.69) is 43.4 Å². The van der Waals surface area contributed by atoms with E-state index in [0.29, 0.717) is 0 Å². The van der Waals surface area contributed by atoms with Gasteiger partial charge in [-0.05, 0) is 36.4 Å². The first-order chi connectivity index (χ1) is 9.85. The maximum atomic E-state index is 5.94. The van der Waals surface area contributed by atoms with Crippen molar-refractivity contribution in [1.82, 2.24) is 5.32 Å². The summed E-state index contributed by atoms with van der Waals surface area (Å²) >= 11 is 0. The molecule has 0 aliphatic carbocycles. The second-order valence-electron chi connectivity index (χ2n) is 5.88. The minimum Gasteiger partial charge on any atom is -0.372 e. The van der Waals surface area contributed by atoms with Crippen LogP contribution in [0.2, 0.25) is 0 Å². The van der Waals surface area contributed by atoms with Crippen LogP contribution >= 0.6 is 0 Å². The van der Waals surface area contributed by atoms with Crippen LogP contribution in [0.5, 0.6) is 0 Å². The summed E-state index contributed by atoms with van der Waals surface area (Å²) in [6, 6.07) is 8.71. The third kappa shape index (κ3) is 4.32. The predicted molar refractivity (Wildman–Crippen MR) is 85.0 cm³/mol. The van der Waals surface area contributed by atoms with Crippen molar-refractivity contribution < 1.29 is 4.74 Å². The van der Waals surface area contributed by atoms with Crippen LogP contribution in [0.1, 0.15) is 56.8 Å². The molecule has 1 aliphatic heterocycles. The van der Waals surface area contributed by atoms with Crippen LogP contribution in [0.3, 0.4) is 0 Å². The molecule has 2 nitrogen and oxygen atoms in total. The van der Waals surface area contributed by atoms with Gasteiger partial charge in [-0.2, -0.15) is 0 Å². The molecule has 20 heavy (non-hydrogen) atoms. The van der Waals surface area contributed by atoms with E-state index in [1.54, 1.807) is 0 Å². The molecular formula is C18H29NO. The Balaban J connectivity index is 1.80. The first-order valence-corrected chi connectivity index (χ1v) is 8.25. The first kappa shape index (κ1) is 15.5. The summed E-state index contributed by atoms with van der Waals surface area (Å²) in [5.74, 6) is 0.814. The first-order valence-electron chi connectivity index (χ1n) is 8.25. The summed E-state index contributed by atoms with van der Waals surface area (Å²) in [5.41, 5.74) is 2.84. The van der Waals surface area contributed by atoms with Gasteiger partial charge in [-0.1, -0.05) is 57.4 Å². The number of rotatable bonds is 8. The van der Waals surface area contributed by atoms with Gasteiger partial charge < -0.3 is 10.1 Å². The fourth-order valence-electron chi connectivity index (χ4n) is 3.01. The van der Waals surface area contributed by atoms with Gasteiger partial charge in [0.1, 0.15) is 0 Å². The number of fused-ring (bicyclic) bond motifs is 1. The Hall–Kier alpha value is -0.860. The number of hydrogen-bond donors (Lipinski definition) is 1. The highest BCUT2D eigenvalue weighted by atomic mass is 16.5. The van der Waals surface area contributed by atoms with E-state index in [1.807, 2.05) is 0 Å². The molecular weight excluding hydrogens is 246 g/mol. The molecule has 0 radical (unpaired) electrons. The van der Waals surface area contributed by atoms with Gasteiger partial charge >= 0.3 is 0 Å². The van der Waals surface area contributed by atoms with E-state index in [1.165, 1.54) is 36.8 Å². The van der Waals surface area contributed by atoms with Crippen molar-refractivity contribution in [2.45, 2.75) is 52.1 Å².